The maximum atomic E-state index is 15.4. The molecule has 6 rings (SSSR count). The molecule has 3 unspecified atom stereocenters. The van der Waals surface area contributed by atoms with Gasteiger partial charge in [0.05, 0.1) is 12.2 Å². The lowest BCUT2D eigenvalue weighted by Crippen LogP contribution is -2.66. The highest BCUT2D eigenvalue weighted by Gasteiger charge is 2.64. The monoisotopic (exact) mass is 375 g/mol. The van der Waals surface area contributed by atoms with E-state index in [9.17, 15) is 14.4 Å². The van der Waals surface area contributed by atoms with Gasteiger partial charge in [-0.1, -0.05) is 0 Å². The maximum Gasteiger partial charge on any atom is 0.278 e. The van der Waals surface area contributed by atoms with Gasteiger partial charge in [0.15, 0.2) is 0 Å². The quantitative estimate of drug-likeness (QED) is 0.515. The van der Waals surface area contributed by atoms with Crippen molar-refractivity contribution >= 4 is 25.4 Å². The van der Waals surface area contributed by atoms with Crippen LogP contribution in [0.25, 0.3) is 0 Å². The van der Waals surface area contributed by atoms with Gasteiger partial charge in [-0.25, -0.2) is 4.39 Å². The SMILES string of the molecule is NC(=O)[C@@H]1C[C@@H]2CC2N1C(=O)[C@@H](NBC=O)C12CC3CC(CC(F)(C3)C1)C2. The molecule has 146 valence electrons. The van der Waals surface area contributed by atoms with Gasteiger partial charge in [0.2, 0.25) is 11.8 Å². The van der Waals surface area contributed by atoms with Crippen molar-refractivity contribution in [2.24, 2.45) is 28.9 Å². The number of rotatable bonds is 6. The van der Waals surface area contributed by atoms with Crippen LogP contribution < -0.4 is 11.0 Å². The fourth-order valence-corrected chi connectivity index (χ4v) is 7.47. The third kappa shape index (κ3) is 2.66. The molecule has 6 fully saturated rings. The van der Waals surface area contributed by atoms with Gasteiger partial charge in [-0.05, 0) is 74.5 Å². The molecule has 6 aliphatic rings. The zero-order valence-corrected chi connectivity index (χ0v) is 15.5. The lowest BCUT2D eigenvalue weighted by molar-refractivity contribution is -0.159. The van der Waals surface area contributed by atoms with Crippen LogP contribution in [0.4, 0.5) is 4.39 Å². The molecule has 5 aliphatic carbocycles. The summed E-state index contributed by atoms with van der Waals surface area (Å²) in [6, 6.07) is -1.08. The molecule has 0 spiro atoms. The summed E-state index contributed by atoms with van der Waals surface area (Å²) in [6.45, 7) is 0. The first-order valence-electron chi connectivity index (χ1n) is 10.3. The highest BCUT2D eigenvalue weighted by Crippen LogP contribution is 2.64. The third-order valence-corrected chi connectivity index (χ3v) is 7.99. The molecule has 4 bridgehead atoms. The van der Waals surface area contributed by atoms with E-state index in [1.807, 2.05) is 0 Å². The molecule has 0 radical (unpaired) electrons. The molecule has 0 aromatic heterocycles. The Morgan fingerprint density at radius 1 is 1.19 bits per heavy atom. The fourth-order valence-electron chi connectivity index (χ4n) is 7.47. The number of primary amides is 1. The highest BCUT2D eigenvalue weighted by molar-refractivity contribution is 6.64. The van der Waals surface area contributed by atoms with Gasteiger partial charge < -0.3 is 20.7 Å². The maximum absolute atomic E-state index is 15.4. The number of hydrogen-bond donors (Lipinski definition) is 2. The van der Waals surface area contributed by atoms with E-state index in [4.69, 9.17) is 5.73 Å². The van der Waals surface area contributed by atoms with Crippen LogP contribution in [-0.4, -0.2) is 54.1 Å². The van der Waals surface area contributed by atoms with Crippen LogP contribution in [0.15, 0.2) is 0 Å². The van der Waals surface area contributed by atoms with E-state index >= 15 is 4.39 Å². The Kier molecular flexibility index (Phi) is 3.78. The molecule has 0 aromatic rings. The number of carbonyl (C=O) groups excluding carboxylic acids is 3. The molecule has 1 aliphatic heterocycles. The number of hydrogen-bond acceptors (Lipinski definition) is 4. The molecule has 27 heavy (non-hydrogen) atoms. The fraction of sp³-hybridized carbons (Fsp3) is 0.842. The largest absolute Gasteiger partial charge is 0.368 e. The van der Waals surface area contributed by atoms with E-state index in [0.717, 1.165) is 31.9 Å². The van der Waals surface area contributed by atoms with Crippen LogP contribution in [0.5, 0.6) is 0 Å². The number of fused-ring (bicyclic) bond motifs is 1. The molecule has 1 saturated heterocycles. The Morgan fingerprint density at radius 2 is 1.89 bits per heavy atom. The van der Waals surface area contributed by atoms with Crippen molar-refractivity contribution in [1.82, 2.24) is 10.1 Å². The molecule has 8 heteroatoms. The van der Waals surface area contributed by atoms with E-state index in [1.54, 1.807) is 4.90 Å². The number of nitrogens with two attached hydrogens (primary N) is 1. The zero-order valence-electron chi connectivity index (χ0n) is 15.5. The lowest BCUT2D eigenvalue weighted by Gasteiger charge is -2.61. The number of piperidine rings is 1. The van der Waals surface area contributed by atoms with Gasteiger partial charge >= 0.3 is 0 Å². The van der Waals surface area contributed by atoms with E-state index in [2.05, 4.69) is 5.23 Å². The second-order valence-electron chi connectivity index (χ2n) is 9.94. The summed E-state index contributed by atoms with van der Waals surface area (Å²) in [5.74, 6) is 0.406. The van der Waals surface area contributed by atoms with Gasteiger partial charge in [0, 0.05) is 6.04 Å². The summed E-state index contributed by atoms with van der Waals surface area (Å²) in [5, 5.41) is 3.14. The summed E-state index contributed by atoms with van der Waals surface area (Å²) in [5.41, 5.74) is 3.94. The number of likely N-dealkylation sites (tertiary alicyclic amines) is 1. The Balaban J connectivity index is 1.47. The Morgan fingerprint density at radius 3 is 2.48 bits per heavy atom. The van der Waals surface area contributed by atoms with E-state index in [-0.39, 0.29) is 19.4 Å². The summed E-state index contributed by atoms with van der Waals surface area (Å²) in [6.07, 6.45) is 6.64. The number of amides is 2. The van der Waals surface area contributed by atoms with E-state index < -0.39 is 29.1 Å². The lowest BCUT2D eigenvalue weighted by atomic mass is 9.46. The molecule has 3 N–H and O–H groups in total. The number of nitrogens with zero attached hydrogens (tertiary/aromatic N) is 1. The average molecular weight is 375 g/mol. The second kappa shape index (κ2) is 5.78. The van der Waals surface area contributed by atoms with Crippen molar-refractivity contribution in [3.63, 3.8) is 0 Å². The van der Waals surface area contributed by atoms with Gasteiger partial charge in [-0.3, -0.25) is 9.59 Å². The molecule has 1 heterocycles. The average Bonchev–Trinajstić information content (AvgIpc) is 3.22. The molecule has 2 amide bonds. The van der Waals surface area contributed by atoms with Crippen LogP contribution in [0, 0.1) is 23.2 Å². The van der Waals surface area contributed by atoms with Gasteiger partial charge in [-0.2, -0.15) is 0 Å². The van der Waals surface area contributed by atoms with Crippen LogP contribution in [0.3, 0.4) is 0 Å². The van der Waals surface area contributed by atoms with Crippen molar-refractivity contribution < 1.29 is 18.8 Å². The number of nitrogens with one attached hydrogen (secondary N) is 1. The predicted octanol–water partition coefficient (Wildman–Crippen LogP) is 0.269. The van der Waals surface area contributed by atoms with Crippen molar-refractivity contribution in [3.05, 3.63) is 0 Å². The van der Waals surface area contributed by atoms with Gasteiger partial charge in [-0.15, -0.1) is 0 Å². The smallest absolute Gasteiger partial charge is 0.278 e. The Hall–Kier alpha value is -1.44. The highest BCUT2D eigenvalue weighted by atomic mass is 19.1. The van der Waals surface area contributed by atoms with Crippen molar-refractivity contribution in [1.29, 1.82) is 0 Å². The first-order valence-corrected chi connectivity index (χ1v) is 10.3. The summed E-state index contributed by atoms with van der Waals surface area (Å²) in [7, 11) is 0.0654. The minimum Gasteiger partial charge on any atom is -0.368 e. The molecule has 6 nitrogen and oxygen atoms in total. The molecular weight excluding hydrogens is 348 g/mol. The minimum atomic E-state index is -1.18. The summed E-state index contributed by atoms with van der Waals surface area (Å²) < 4.78 is 15.4. The van der Waals surface area contributed by atoms with Crippen LogP contribution in [0.1, 0.15) is 51.4 Å². The molecule has 6 atom stereocenters. The number of carbonyl (C=O) groups is 3. The van der Waals surface area contributed by atoms with Gasteiger partial charge in [0.25, 0.3) is 7.41 Å². The first-order chi connectivity index (χ1) is 12.8. The van der Waals surface area contributed by atoms with Crippen molar-refractivity contribution in [2.45, 2.75) is 75.2 Å². The zero-order chi connectivity index (χ0) is 19.0. The molecule has 0 aromatic carbocycles. The number of halogens is 1. The molecule has 5 saturated carbocycles. The Bertz CT molecular complexity index is 690. The van der Waals surface area contributed by atoms with Crippen molar-refractivity contribution in [2.75, 3.05) is 0 Å². The first kappa shape index (κ1) is 17.6. The topological polar surface area (TPSA) is 92.5 Å². The predicted molar refractivity (Wildman–Crippen MR) is 98.1 cm³/mol. The van der Waals surface area contributed by atoms with Gasteiger partial charge in [0.1, 0.15) is 11.7 Å². The van der Waals surface area contributed by atoms with Crippen LogP contribution in [0.2, 0.25) is 0 Å². The second-order valence-corrected chi connectivity index (χ2v) is 9.94. The normalized spacial score (nSPS) is 47.4. The van der Waals surface area contributed by atoms with E-state index in [1.165, 1.54) is 0 Å². The molecular formula is C19H27BFN3O3. The summed E-state index contributed by atoms with van der Waals surface area (Å²) in [4.78, 5) is 38.3. The Labute approximate surface area is 159 Å². The van der Waals surface area contributed by atoms with Crippen molar-refractivity contribution in [3.8, 4) is 0 Å². The standard InChI is InChI=1S/C19H27BFN3O3/c21-19-6-10-1-11(7-19)5-18(4-10,8-19)15(23-20-9-25)17(27)24-13-2-12(13)3-14(24)16(22)26/h9-15,20,23H,1-8H2,(H2,22,26)/t10?,11?,12-,13?,14-,15+,18?,19?/m0/s1. The van der Waals surface area contributed by atoms with E-state index in [0.29, 0.717) is 43.4 Å². The minimum absolute atomic E-state index is 0.0654. The third-order valence-electron chi connectivity index (χ3n) is 7.99. The van der Waals surface area contributed by atoms with Crippen LogP contribution >= 0.6 is 0 Å². The number of alkyl halides is 1. The summed E-state index contributed by atoms with van der Waals surface area (Å²) >= 11 is 0. The van der Waals surface area contributed by atoms with Crippen LogP contribution in [-0.2, 0) is 14.4 Å².